The van der Waals surface area contributed by atoms with Gasteiger partial charge in [0.25, 0.3) is 5.91 Å². The fourth-order valence-corrected chi connectivity index (χ4v) is 4.90. The van der Waals surface area contributed by atoms with E-state index in [1.54, 1.807) is 54.4 Å². The largest absolute Gasteiger partial charge is 0.337 e. The second-order valence-corrected chi connectivity index (χ2v) is 9.53. The van der Waals surface area contributed by atoms with Gasteiger partial charge in [-0.1, -0.05) is 67.1 Å². The molecule has 0 aliphatic carbocycles. The fourth-order valence-electron chi connectivity index (χ4n) is 3.44. The van der Waals surface area contributed by atoms with Crippen molar-refractivity contribution >= 4 is 15.9 Å². The molecular weight excluding hydrogens is 408 g/mol. The zero-order valence-corrected chi connectivity index (χ0v) is 19.0. The smallest absolute Gasteiger partial charge is 0.253 e. The van der Waals surface area contributed by atoms with Gasteiger partial charge in [-0.2, -0.15) is 4.31 Å². The molecule has 0 aliphatic rings. The van der Waals surface area contributed by atoms with Crippen LogP contribution in [-0.4, -0.2) is 37.1 Å². The van der Waals surface area contributed by atoms with E-state index in [9.17, 15) is 13.2 Å². The quantitative estimate of drug-likeness (QED) is 0.523. The van der Waals surface area contributed by atoms with Crippen LogP contribution in [0.2, 0.25) is 0 Å². The molecule has 0 fully saturated rings. The van der Waals surface area contributed by atoms with Crippen molar-refractivity contribution in [1.82, 2.24) is 9.21 Å². The molecule has 31 heavy (non-hydrogen) atoms. The van der Waals surface area contributed by atoms with Gasteiger partial charge in [-0.05, 0) is 42.3 Å². The molecule has 0 unspecified atom stereocenters. The van der Waals surface area contributed by atoms with Crippen LogP contribution in [0.25, 0.3) is 0 Å². The molecule has 5 nitrogen and oxygen atoms in total. The Morgan fingerprint density at radius 1 is 0.839 bits per heavy atom. The highest BCUT2D eigenvalue weighted by molar-refractivity contribution is 7.89. The van der Waals surface area contributed by atoms with Crippen molar-refractivity contribution in [3.8, 4) is 0 Å². The highest BCUT2D eigenvalue weighted by Gasteiger charge is 2.23. The summed E-state index contributed by atoms with van der Waals surface area (Å²) in [5, 5.41) is 0. The van der Waals surface area contributed by atoms with Crippen LogP contribution in [0.4, 0.5) is 0 Å². The van der Waals surface area contributed by atoms with Gasteiger partial charge in [0.15, 0.2) is 0 Å². The Hall–Kier alpha value is -2.96. The molecule has 0 radical (unpaired) electrons. The van der Waals surface area contributed by atoms with Crippen molar-refractivity contribution in [3.63, 3.8) is 0 Å². The average molecular weight is 437 g/mol. The van der Waals surface area contributed by atoms with E-state index in [-0.39, 0.29) is 17.3 Å². The van der Waals surface area contributed by atoms with Gasteiger partial charge in [0.05, 0.1) is 4.90 Å². The Morgan fingerprint density at radius 2 is 1.52 bits per heavy atom. The number of hydrogen-bond donors (Lipinski definition) is 0. The first kappa shape index (κ1) is 22.7. The molecule has 0 spiro atoms. The Labute approximate surface area is 185 Å². The van der Waals surface area contributed by atoms with Crippen LogP contribution < -0.4 is 0 Å². The summed E-state index contributed by atoms with van der Waals surface area (Å²) in [4.78, 5) is 14.7. The highest BCUT2D eigenvalue weighted by Crippen LogP contribution is 2.19. The van der Waals surface area contributed by atoms with Gasteiger partial charge in [-0.25, -0.2) is 8.42 Å². The molecule has 3 aromatic rings. The first-order valence-corrected chi connectivity index (χ1v) is 11.7. The summed E-state index contributed by atoms with van der Waals surface area (Å²) < 4.78 is 27.2. The second-order valence-electron chi connectivity index (χ2n) is 7.59. The lowest BCUT2D eigenvalue weighted by atomic mass is 10.1. The molecule has 0 aromatic heterocycles. The van der Waals surface area contributed by atoms with Gasteiger partial charge in [-0.3, -0.25) is 4.79 Å². The predicted octanol–water partition coefficient (Wildman–Crippen LogP) is 4.48. The van der Waals surface area contributed by atoms with Crippen molar-refractivity contribution in [1.29, 1.82) is 0 Å². The van der Waals surface area contributed by atoms with E-state index in [2.05, 4.69) is 6.07 Å². The Balaban J connectivity index is 1.69. The van der Waals surface area contributed by atoms with E-state index < -0.39 is 10.0 Å². The minimum atomic E-state index is -3.57. The van der Waals surface area contributed by atoms with Crippen LogP contribution in [0.1, 0.15) is 34.0 Å². The number of benzene rings is 3. The standard InChI is InChI=1S/C25H28N2O3S/c1-4-27(31(29,30)24-11-6-5-7-12-24)19-21-13-15-23(16-14-21)25(28)26(3)18-22-10-8-9-20(2)17-22/h5-17H,4,18-19H2,1-3H3. The van der Waals surface area contributed by atoms with E-state index in [4.69, 9.17) is 0 Å². The van der Waals surface area contributed by atoms with Gasteiger partial charge in [-0.15, -0.1) is 0 Å². The zero-order valence-electron chi connectivity index (χ0n) is 18.2. The van der Waals surface area contributed by atoms with E-state index in [1.165, 1.54) is 4.31 Å². The zero-order chi connectivity index (χ0) is 22.4. The minimum Gasteiger partial charge on any atom is -0.337 e. The molecule has 1 amide bonds. The summed E-state index contributed by atoms with van der Waals surface area (Å²) >= 11 is 0. The SMILES string of the molecule is CCN(Cc1ccc(C(=O)N(C)Cc2cccc(C)c2)cc1)S(=O)(=O)c1ccccc1. The third-order valence-electron chi connectivity index (χ3n) is 5.14. The molecule has 0 atom stereocenters. The van der Waals surface area contributed by atoms with E-state index in [0.717, 1.165) is 16.7 Å². The van der Waals surface area contributed by atoms with Gasteiger partial charge in [0.1, 0.15) is 0 Å². The number of aryl methyl sites for hydroxylation is 1. The topological polar surface area (TPSA) is 57.7 Å². The molecule has 6 heteroatoms. The summed E-state index contributed by atoms with van der Waals surface area (Å²) in [6.07, 6.45) is 0. The lowest BCUT2D eigenvalue weighted by Gasteiger charge is -2.21. The molecule has 0 heterocycles. The van der Waals surface area contributed by atoms with Crippen LogP contribution in [0.15, 0.2) is 83.8 Å². The molecule has 0 N–H and O–H groups in total. The Morgan fingerprint density at radius 3 is 2.13 bits per heavy atom. The minimum absolute atomic E-state index is 0.0719. The molecule has 0 bridgehead atoms. The normalized spacial score (nSPS) is 11.5. The summed E-state index contributed by atoms with van der Waals surface area (Å²) in [5.74, 6) is -0.0719. The first-order chi connectivity index (χ1) is 14.8. The monoisotopic (exact) mass is 436 g/mol. The molecular formula is C25H28N2O3S. The van der Waals surface area contributed by atoms with E-state index in [0.29, 0.717) is 18.7 Å². The summed E-state index contributed by atoms with van der Waals surface area (Å²) in [5.41, 5.74) is 3.65. The third kappa shape index (κ3) is 5.60. The second kappa shape index (κ2) is 9.90. The number of amides is 1. The predicted molar refractivity (Wildman–Crippen MR) is 123 cm³/mol. The molecule has 3 aromatic carbocycles. The van der Waals surface area contributed by atoms with E-state index >= 15 is 0 Å². The summed E-state index contributed by atoms with van der Waals surface area (Å²) in [6.45, 7) is 4.99. The van der Waals surface area contributed by atoms with Crippen LogP contribution >= 0.6 is 0 Å². The number of carbonyl (C=O) groups is 1. The van der Waals surface area contributed by atoms with Crippen molar-refractivity contribution < 1.29 is 13.2 Å². The summed E-state index contributed by atoms with van der Waals surface area (Å²) in [6, 6.07) is 23.7. The van der Waals surface area contributed by atoms with Gasteiger partial charge in [0.2, 0.25) is 10.0 Å². The van der Waals surface area contributed by atoms with Crippen LogP contribution in [0.5, 0.6) is 0 Å². The number of hydrogen-bond acceptors (Lipinski definition) is 3. The molecule has 0 saturated heterocycles. The third-order valence-corrected chi connectivity index (χ3v) is 7.08. The number of rotatable bonds is 8. The van der Waals surface area contributed by atoms with Crippen molar-refractivity contribution in [2.75, 3.05) is 13.6 Å². The Kier molecular flexibility index (Phi) is 7.25. The van der Waals surface area contributed by atoms with Gasteiger partial charge < -0.3 is 4.90 Å². The van der Waals surface area contributed by atoms with Gasteiger partial charge in [0, 0.05) is 32.2 Å². The molecule has 3 rings (SSSR count). The lowest BCUT2D eigenvalue weighted by Crippen LogP contribution is -2.30. The van der Waals surface area contributed by atoms with Crippen molar-refractivity contribution in [2.45, 2.75) is 31.8 Å². The van der Waals surface area contributed by atoms with E-state index in [1.807, 2.05) is 44.2 Å². The molecule has 0 saturated carbocycles. The van der Waals surface area contributed by atoms with Crippen molar-refractivity contribution in [3.05, 3.63) is 101 Å². The molecule has 0 aliphatic heterocycles. The maximum Gasteiger partial charge on any atom is 0.253 e. The average Bonchev–Trinajstić information content (AvgIpc) is 2.78. The lowest BCUT2D eigenvalue weighted by molar-refractivity contribution is 0.0785. The highest BCUT2D eigenvalue weighted by atomic mass is 32.2. The fraction of sp³-hybridized carbons (Fsp3) is 0.240. The number of sulfonamides is 1. The number of nitrogens with zero attached hydrogens (tertiary/aromatic N) is 2. The van der Waals surface area contributed by atoms with Crippen LogP contribution in [0.3, 0.4) is 0 Å². The van der Waals surface area contributed by atoms with Crippen LogP contribution in [0, 0.1) is 6.92 Å². The van der Waals surface area contributed by atoms with Crippen molar-refractivity contribution in [2.24, 2.45) is 0 Å². The maximum absolute atomic E-state index is 12.9. The van der Waals surface area contributed by atoms with Gasteiger partial charge >= 0.3 is 0 Å². The molecule has 162 valence electrons. The number of carbonyl (C=O) groups excluding carboxylic acids is 1. The first-order valence-electron chi connectivity index (χ1n) is 10.3. The Bertz CT molecular complexity index is 1130. The summed E-state index contributed by atoms with van der Waals surface area (Å²) in [7, 11) is -1.79. The maximum atomic E-state index is 12.9. The van der Waals surface area contributed by atoms with Crippen LogP contribution in [-0.2, 0) is 23.1 Å².